The highest BCUT2D eigenvalue weighted by molar-refractivity contribution is 9.23. The smallest absolute Gasteiger partial charge is 0.378 e. The van der Waals surface area contributed by atoms with Gasteiger partial charge < -0.3 is 9.64 Å². The lowest BCUT2D eigenvalue weighted by atomic mass is 10.2. The molecule has 0 saturated carbocycles. The summed E-state index contributed by atoms with van der Waals surface area (Å²) in [6.07, 6.45) is 0. The number of anilines is 1. The van der Waals surface area contributed by atoms with Crippen LogP contribution in [0.1, 0.15) is 0 Å². The second-order valence-corrected chi connectivity index (χ2v) is 6.17. The number of rotatable bonds is 2. The molecular weight excluding hydrogens is 254 g/mol. The van der Waals surface area contributed by atoms with E-state index in [1.807, 2.05) is 0 Å². The molecule has 72 valence electrons. The lowest BCUT2D eigenvalue weighted by Crippen LogP contribution is -2.36. The molecule has 1 aliphatic rings. The third kappa shape index (κ3) is 2.63. The largest absolute Gasteiger partial charge is 0.506 e. The maximum absolute atomic E-state index is 5.32. The van der Waals surface area contributed by atoms with E-state index < -0.39 is 0 Å². The predicted molar refractivity (Wildman–Crippen MR) is 63.8 cm³/mol. The minimum Gasteiger partial charge on any atom is -0.378 e. The van der Waals surface area contributed by atoms with Crippen molar-refractivity contribution in [3.05, 3.63) is 24.3 Å². The molecule has 0 spiro atoms. The summed E-state index contributed by atoms with van der Waals surface area (Å²) in [5.41, 5.74) is 1.33. The van der Waals surface area contributed by atoms with Crippen molar-refractivity contribution in [2.24, 2.45) is 0 Å². The van der Waals surface area contributed by atoms with E-state index >= 15 is 0 Å². The molecule has 1 fully saturated rings. The van der Waals surface area contributed by atoms with E-state index in [0.29, 0.717) is 0 Å². The maximum Gasteiger partial charge on any atom is 0.506 e. The van der Waals surface area contributed by atoms with Crippen LogP contribution in [0.4, 0.5) is 5.69 Å². The average Bonchev–Trinajstić information content (AvgIpc) is 2.30. The molecule has 0 radical (unpaired) electrons. The topological polar surface area (TPSA) is 12.5 Å². The summed E-state index contributed by atoms with van der Waals surface area (Å²) in [6, 6.07) is 8.89. The minimum atomic E-state index is -0.184. The van der Waals surface area contributed by atoms with Crippen molar-refractivity contribution in [3.8, 4) is 0 Å². The van der Waals surface area contributed by atoms with Crippen molar-refractivity contribution < 1.29 is 4.74 Å². The van der Waals surface area contributed by atoms with Gasteiger partial charge in [-0.25, -0.2) is 0 Å². The third-order valence-electron chi connectivity index (χ3n) is 2.47. The summed E-state index contributed by atoms with van der Waals surface area (Å²) < 4.78 is 6.78. The highest BCUT2D eigenvalue weighted by atomic mass is 79.9. The van der Waals surface area contributed by atoms with Crippen molar-refractivity contribution >= 4 is 40.5 Å². The van der Waals surface area contributed by atoms with Crippen LogP contribution in [0.2, 0.25) is 0 Å². The Kier molecular flexibility index (Phi) is 4.10. The quantitative estimate of drug-likeness (QED) is 0.745. The summed E-state index contributed by atoms with van der Waals surface area (Å²) >= 11 is 3.40. The molecule has 1 saturated heterocycles. The monoisotopic (exact) mass is 265 g/mol. The Labute approximate surface area is 100 Å². The lowest BCUT2D eigenvalue weighted by molar-refractivity contribution is 0.122. The number of hydrogen-bond donors (Lipinski definition) is 0. The van der Waals surface area contributed by atoms with Gasteiger partial charge in [0.15, 0.2) is 0 Å². The Morgan fingerprint density at radius 2 is 1.79 bits per heavy atom. The Morgan fingerprint density at radius 3 is 2.36 bits per heavy atom. The molecule has 4 heteroatoms. The number of halogens is 1. The summed E-state index contributed by atoms with van der Waals surface area (Å²) in [4.78, 5) is 2.38. The van der Waals surface area contributed by atoms with E-state index in [4.69, 9.17) is 4.74 Å². The zero-order valence-electron chi connectivity index (χ0n) is 8.08. The van der Waals surface area contributed by atoms with Crippen molar-refractivity contribution in [2.75, 3.05) is 31.2 Å². The Balaban J connectivity index is 2.07. The van der Waals surface area contributed by atoms with Crippen LogP contribution in [0, 0.1) is 0 Å². The zero-order chi connectivity index (χ0) is 9.80. The van der Waals surface area contributed by atoms with Crippen LogP contribution < -0.4 is 8.59 Å². The Hall–Kier alpha value is 0.226. The molecule has 1 aromatic rings. The molecule has 0 atom stereocenters. The van der Waals surface area contributed by atoms with Gasteiger partial charge in [-0.05, 0) is 12.1 Å². The molecule has 1 aromatic carbocycles. The first kappa shape index (κ1) is 10.7. The fourth-order valence-electron chi connectivity index (χ4n) is 1.62. The summed E-state index contributed by atoms with van der Waals surface area (Å²) in [7, 11) is 0. The van der Waals surface area contributed by atoms with E-state index in [2.05, 4.69) is 42.0 Å². The molecule has 0 aliphatic carbocycles. The molecular formula is C10H12BrMgNO. The van der Waals surface area contributed by atoms with E-state index in [9.17, 15) is 0 Å². The number of ether oxygens (including phenoxy) is 1. The average molecular weight is 266 g/mol. The van der Waals surface area contributed by atoms with Crippen LogP contribution >= 0.6 is 12.9 Å². The van der Waals surface area contributed by atoms with Crippen LogP contribution in [0.5, 0.6) is 0 Å². The number of hydrogen-bond acceptors (Lipinski definition) is 2. The van der Waals surface area contributed by atoms with Crippen molar-refractivity contribution in [2.45, 2.75) is 0 Å². The standard InChI is InChI=1S/C10H12NO.BrH.Mg/c1-2-4-10(5-3-1)11-6-8-12-9-7-11;;/h2-5H,6-9H2;1H;/q;;+1/p-1. The second-order valence-electron chi connectivity index (χ2n) is 3.40. The van der Waals surface area contributed by atoms with E-state index in [0.717, 1.165) is 26.3 Å². The van der Waals surface area contributed by atoms with Crippen LogP contribution in [-0.2, 0) is 4.74 Å². The van der Waals surface area contributed by atoms with Crippen LogP contribution in [0.3, 0.4) is 0 Å². The maximum atomic E-state index is 5.32. The highest BCUT2D eigenvalue weighted by Crippen LogP contribution is 2.13. The van der Waals surface area contributed by atoms with Gasteiger partial charge in [0, 0.05) is 18.8 Å². The van der Waals surface area contributed by atoms with Crippen molar-refractivity contribution in [1.82, 2.24) is 0 Å². The molecule has 0 unspecified atom stereocenters. The van der Waals surface area contributed by atoms with Gasteiger partial charge in [-0.2, -0.15) is 3.69 Å². The SMILES string of the molecule is [Br][Mg][c]1ccc(N2CCOCC2)cc1. The zero-order valence-corrected chi connectivity index (χ0v) is 11.1. The number of nitrogens with zero attached hydrogens (tertiary/aromatic N) is 1. The van der Waals surface area contributed by atoms with Crippen LogP contribution in [0.25, 0.3) is 0 Å². The lowest BCUT2D eigenvalue weighted by Gasteiger charge is -2.28. The van der Waals surface area contributed by atoms with Gasteiger partial charge in [0.2, 0.25) is 0 Å². The van der Waals surface area contributed by atoms with E-state index in [1.165, 1.54) is 9.38 Å². The molecule has 2 rings (SSSR count). The van der Waals surface area contributed by atoms with Gasteiger partial charge in [-0.1, -0.05) is 12.1 Å². The Bertz CT molecular complexity index is 285. The molecule has 0 amide bonds. The van der Waals surface area contributed by atoms with Crippen molar-refractivity contribution in [3.63, 3.8) is 0 Å². The fraction of sp³-hybridized carbons (Fsp3) is 0.400. The summed E-state index contributed by atoms with van der Waals surface area (Å²) in [6.45, 7) is 3.75. The van der Waals surface area contributed by atoms with E-state index in [-0.39, 0.29) is 18.2 Å². The molecule has 1 heterocycles. The summed E-state index contributed by atoms with van der Waals surface area (Å²) in [5, 5.41) is 0. The van der Waals surface area contributed by atoms with Gasteiger partial charge >= 0.3 is 18.2 Å². The van der Waals surface area contributed by atoms with Gasteiger partial charge in [0.1, 0.15) is 0 Å². The summed E-state index contributed by atoms with van der Waals surface area (Å²) in [5.74, 6) is 0. The normalized spacial score (nSPS) is 16.5. The predicted octanol–water partition coefficient (Wildman–Crippen LogP) is 1.16. The van der Waals surface area contributed by atoms with Crippen LogP contribution in [-0.4, -0.2) is 44.5 Å². The molecule has 1 aliphatic heterocycles. The van der Waals surface area contributed by atoms with Crippen molar-refractivity contribution in [1.29, 1.82) is 0 Å². The first-order chi connectivity index (χ1) is 6.90. The molecule has 0 N–H and O–H groups in total. The van der Waals surface area contributed by atoms with Gasteiger partial charge in [0.25, 0.3) is 0 Å². The number of benzene rings is 1. The minimum absolute atomic E-state index is 0.184. The van der Waals surface area contributed by atoms with Crippen LogP contribution in [0.15, 0.2) is 24.3 Å². The fourth-order valence-corrected chi connectivity index (χ4v) is 3.15. The molecule has 0 bridgehead atoms. The third-order valence-corrected chi connectivity index (χ3v) is 5.19. The molecule has 14 heavy (non-hydrogen) atoms. The van der Waals surface area contributed by atoms with Gasteiger partial charge in [0.05, 0.1) is 13.2 Å². The first-order valence-electron chi connectivity index (χ1n) is 4.88. The number of morpholine rings is 1. The molecule has 0 aromatic heterocycles. The van der Waals surface area contributed by atoms with Gasteiger partial charge in [-0.3, -0.25) is 12.9 Å². The van der Waals surface area contributed by atoms with E-state index in [1.54, 1.807) is 0 Å². The highest BCUT2D eigenvalue weighted by Gasteiger charge is 2.10. The van der Waals surface area contributed by atoms with Gasteiger partial charge in [-0.15, -0.1) is 0 Å². The molecule has 2 nitrogen and oxygen atoms in total. The second kappa shape index (κ2) is 5.35. The Morgan fingerprint density at radius 1 is 1.14 bits per heavy atom. The first-order valence-corrected chi connectivity index (χ1v) is 9.48.